The van der Waals surface area contributed by atoms with Crippen molar-refractivity contribution in [3.05, 3.63) is 59.2 Å². The van der Waals surface area contributed by atoms with E-state index in [4.69, 9.17) is 4.74 Å². The molecule has 1 heterocycles. The van der Waals surface area contributed by atoms with Crippen LogP contribution in [0.5, 0.6) is 5.75 Å². The number of carbonyl (C=O) groups excluding carboxylic acids is 2. The first-order valence-electron chi connectivity index (χ1n) is 8.79. The van der Waals surface area contributed by atoms with Crippen molar-refractivity contribution in [2.75, 3.05) is 19.0 Å². The summed E-state index contributed by atoms with van der Waals surface area (Å²) in [6.07, 6.45) is 0.840. The SMILES string of the molecule is COc1ccc(CCN2C(=O)C[C@H](Nc3ccc(C)cc3C)C2=O)cc1. The molecule has 1 atom stereocenters. The van der Waals surface area contributed by atoms with Crippen LogP contribution in [0.4, 0.5) is 5.69 Å². The molecule has 0 aromatic heterocycles. The van der Waals surface area contributed by atoms with E-state index in [1.54, 1.807) is 7.11 Å². The average Bonchev–Trinajstić information content (AvgIpc) is 2.89. The second-order valence-corrected chi connectivity index (χ2v) is 6.70. The first-order valence-corrected chi connectivity index (χ1v) is 8.79. The summed E-state index contributed by atoms with van der Waals surface area (Å²) in [5.41, 5.74) is 4.21. The van der Waals surface area contributed by atoms with Gasteiger partial charge in [-0.2, -0.15) is 0 Å². The highest BCUT2D eigenvalue weighted by molar-refractivity contribution is 6.06. The number of likely N-dealkylation sites (tertiary alicyclic amines) is 1. The number of nitrogens with zero attached hydrogens (tertiary/aromatic N) is 1. The Morgan fingerprint density at radius 3 is 2.50 bits per heavy atom. The third-order valence-corrected chi connectivity index (χ3v) is 4.74. The summed E-state index contributed by atoms with van der Waals surface area (Å²) < 4.78 is 5.14. The van der Waals surface area contributed by atoms with E-state index in [0.29, 0.717) is 13.0 Å². The fraction of sp³-hybridized carbons (Fsp3) is 0.333. The number of imide groups is 1. The third kappa shape index (κ3) is 3.87. The molecule has 1 aliphatic rings. The molecule has 0 saturated carbocycles. The maximum atomic E-state index is 12.6. The van der Waals surface area contributed by atoms with Crippen LogP contribution in [0.3, 0.4) is 0 Å². The van der Waals surface area contributed by atoms with Crippen molar-refractivity contribution in [3.63, 3.8) is 0 Å². The van der Waals surface area contributed by atoms with Crippen LogP contribution >= 0.6 is 0 Å². The fourth-order valence-corrected chi connectivity index (χ4v) is 3.23. The Morgan fingerprint density at radius 2 is 1.85 bits per heavy atom. The van der Waals surface area contributed by atoms with E-state index in [2.05, 4.69) is 11.4 Å². The summed E-state index contributed by atoms with van der Waals surface area (Å²) >= 11 is 0. The number of benzene rings is 2. The molecule has 1 saturated heterocycles. The van der Waals surface area contributed by atoms with Crippen molar-refractivity contribution in [2.24, 2.45) is 0 Å². The topological polar surface area (TPSA) is 58.6 Å². The number of ether oxygens (including phenoxy) is 1. The summed E-state index contributed by atoms with van der Waals surface area (Å²) in [5, 5.41) is 3.23. The van der Waals surface area contributed by atoms with E-state index < -0.39 is 6.04 Å². The van der Waals surface area contributed by atoms with Crippen LogP contribution in [0, 0.1) is 13.8 Å². The molecule has 0 unspecified atom stereocenters. The van der Waals surface area contributed by atoms with Crippen molar-refractivity contribution in [1.82, 2.24) is 4.90 Å². The van der Waals surface area contributed by atoms with Crippen LogP contribution in [0.2, 0.25) is 0 Å². The van der Waals surface area contributed by atoms with Crippen molar-refractivity contribution < 1.29 is 14.3 Å². The van der Waals surface area contributed by atoms with Gasteiger partial charge < -0.3 is 10.1 Å². The van der Waals surface area contributed by atoms with Gasteiger partial charge in [0, 0.05) is 12.2 Å². The molecule has 5 nitrogen and oxygen atoms in total. The van der Waals surface area contributed by atoms with Gasteiger partial charge in [-0.25, -0.2) is 0 Å². The Balaban J connectivity index is 1.62. The molecule has 1 aliphatic heterocycles. The molecule has 2 amide bonds. The van der Waals surface area contributed by atoms with Crippen LogP contribution in [0.15, 0.2) is 42.5 Å². The van der Waals surface area contributed by atoms with Gasteiger partial charge >= 0.3 is 0 Å². The van der Waals surface area contributed by atoms with Gasteiger partial charge in [-0.15, -0.1) is 0 Å². The molecule has 0 bridgehead atoms. The highest BCUT2D eigenvalue weighted by Crippen LogP contribution is 2.22. The summed E-state index contributed by atoms with van der Waals surface area (Å²) in [6, 6.07) is 13.2. The van der Waals surface area contributed by atoms with Crippen LogP contribution < -0.4 is 10.1 Å². The Bertz CT molecular complexity index is 815. The predicted molar refractivity (Wildman–Crippen MR) is 101 cm³/mol. The first kappa shape index (κ1) is 18.0. The molecule has 2 aromatic carbocycles. The van der Waals surface area contributed by atoms with Gasteiger partial charge in [0.2, 0.25) is 5.91 Å². The van der Waals surface area contributed by atoms with Gasteiger partial charge in [0.15, 0.2) is 0 Å². The van der Waals surface area contributed by atoms with E-state index >= 15 is 0 Å². The average molecular weight is 352 g/mol. The lowest BCUT2D eigenvalue weighted by Gasteiger charge is -2.17. The normalized spacial score (nSPS) is 16.9. The van der Waals surface area contributed by atoms with Crippen LogP contribution in [0.1, 0.15) is 23.1 Å². The Kier molecular flexibility index (Phi) is 5.26. The van der Waals surface area contributed by atoms with Gasteiger partial charge in [0.05, 0.1) is 13.5 Å². The molecule has 0 aliphatic carbocycles. The molecule has 2 aromatic rings. The lowest BCUT2D eigenvalue weighted by Crippen LogP contribution is -2.36. The highest BCUT2D eigenvalue weighted by Gasteiger charge is 2.38. The molecule has 136 valence electrons. The van der Waals surface area contributed by atoms with Gasteiger partial charge in [0.25, 0.3) is 5.91 Å². The van der Waals surface area contributed by atoms with Crippen molar-refractivity contribution >= 4 is 17.5 Å². The second-order valence-electron chi connectivity index (χ2n) is 6.70. The maximum absolute atomic E-state index is 12.6. The lowest BCUT2D eigenvalue weighted by atomic mass is 10.1. The smallest absolute Gasteiger partial charge is 0.252 e. The second kappa shape index (κ2) is 7.60. The zero-order valence-electron chi connectivity index (χ0n) is 15.4. The number of aryl methyl sites for hydroxylation is 2. The number of hydrogen-bond donors (Lipinski definition) is 1. The minimum Gasteiger partial charge on any atom is -0.497 e. The molecular weight excluding hydrogens is 328 g/mol. The molecule has 0 radical (unpaired) electrons. The number of methoxy groups -OCH3 is 1. The fourth-order valence-electron chi connectivity index (χ4n) is 3.23. The van der Waals surface area contributed by atoms with Gasteiger partial charge in [-0.05, 0) is 49.6 Å². The molecule has 5 heteroatoms. The third-order valence-electron chi connectivity index (χ3n) is 4.74. The van der Waals surface area contributed by atoms with E-state index in [0.717, 1.165) is 22.6 Å². The van der Waals surface area contributed by atoms with Crippen molar-refractivity contribution in [1.29, 1.82) is 0 Å². The lowest BCUT2D eigenvalue weighted by molar-refractivity contribution is -0.138. The van der Waals surface area contributed by atoms with E-state index in [-0.39, 0.29) is 18.2 Å². The molecule has 0 spiro atoms. The molecule has 26 heavy (non-hydrogen) atoms. The van der Waals surface area contributed by atoms with E-state index in [1.807, 2.05) is 50.2 Å². The summed E-state index contributed by atoms with van der Waals surface area (Å²) in [4.78, 5) is 26.3. The standard InChI is InChI=1S/C21H24N2O3/c1-14-4-9-18(15(2)12-14)22-19-13-20(24)23(21(19)25)11-10-16-5-7-17(26-3)8-6-16/h4-9,12,19,22H,10-11,13H2,1-3H3/t19-/m0/s1. The van der Waals surface area contributed by atoms with E-state index in [1.165, 1.54) is 10.5 Å². The van der Waals surface area contributed by atoms with Crippen molar-refractivity contribution in [2.45, 2.75) is 32.7 Å². The number of carbonyl (C=O) groups is 2. The Hall–Kier alpha value is -2.82. The monoisotopic (exact) mass is 352 g/mol. The number of hydrogen-bond acceptors (Lipinski definition) is 4. The molecular formula is C21H24N2O3. The summed E-state index contributed by atoms with van der Waals surface area (Å²) in [5.74, 6) is 0.522. The minimum absolute atomic E-state index is 0.120. The van der Waals surface area contributed by atoms with Gasteiger partial charge in [0.1, 0.15) is 11.8 Å². The van der Waals surface area contributed by atoms with Gasteiger partial charge in [-0.1, -0.05) is 29.8 Å². The molecule has 3 rings (SSSR count). The van der Waals surface area contributed by atoms with Crippen molar-refractivity contribution in [3.8, 4) is 5.75 Å². The number of rotatable bonds is 6. The first-order chi connectivity index (χ1) is 12.5. The highest BCUT2D eigenvalue weighted by atomic mass is 16.5. The van der Waals surface area contributed by atoms with E-state index in [9.17, 15) is 9.59 Å². The molecule has 1 N–H and O–H groups in total. The Labute approximate surface area is 154 Å². The minimum atomic E-state index is -0.486. The van der Waals surface area contributed by atoms with Crippen LogP contribution in [-0.4, -0.2) is 36.4 Å². The molecule has 1 fully saturated rings. The largest absolute Gasteiger partial charge is 0.497 e. The Morgan fingerprint density at radius 1 is 1.12 bits per heavy atom. The number of nitrogens with one attached hydrogen (secondary N) is 1. The summed E-state index contributed by atoms with van der Waals surface area (Å²) in [7, 11) is 1.62. The van der Waals surface area contributed by atoms with Crippen LogP contribution in [0.25, 0.3) is 0 Å². The zero-order chi connectivity index (χ0) is 18.7. The summed E-state index contributed by atoms with van der Waals surface area (Å²) in [6.45, 7) is 4.43. The number of anilines is 1. The maximum Gasteiger partial charge on any atom is 0.252 e. The van der Waals surface area contributed by atoms with Crippen LogP contribution in [-0.2, 0) is 16.0 Å². The predicted octanol–water partition coefficient (Wildman–Crippen LogP) is 3.09. The van der Waals surface area contributed by atoms with Gasteiger partial charge in [-0.3, -0.25) is 14.5 Å². The quantitative estimate of drug-likeness (QED) is 0.812. The zero-order valence-corrected chi connectivity index (χ0v) is 15.4. The number of amides is 2.